The van der Waals surface area contributed by atoms with Crippen molar-refractivity contribution in [2.24, 2.45) is 0 Å². The molecule has 0 fully saturated rings. The van der Waals surface area contributed by atoms with Gasteiger partial charge in [0.25, 0.3) is 0 Å². The monoisotopic (exact) mass is 256 g/mol. The van der Waals surface area contributed by atoms with Crippen LogP contribution in [0.4, 0.5) is 11.4 Å². The quantitative estimate of drug-likeness (QED) is 0.769. The van der Waals surface area contributed by atoms with Crippen LogP contribution in [0.2, 0.25) is 0 Å². The molecule has 17 heavy (non-hydrogen) atoms. The number of carbonyl (C=O) groups is 1. The van der Waals surface area contributed by atoms with Gasteiger partial charge in [0.15, 0.2) is 15.6 Å². The molecular weight excluding hydrogens is 240 g/mol. The Morgan fingerprint density at radius 1 is 1.12 bits per heavy atom. The van der Waals surface area contributed by atoms with Crippen LogP contribution in [0.3, 0.4) is 0 Å². The molecule has 1 aromatic rings. The molecular formula is C11H16N2O3S. The van der Waals surface area contributed by atoms with Crippen LogP contribution in [-0.4, -0.2) is 40.3 Å². The summed E-state index contributed by atoms with van der Waals surface area (Å²) in [7, 11) is 0.170. The van der Waals surface area contributed by atoms with E-state index < -0.39 is 21.4 Å². The molecule has 0 amide bonds. The van der Waals surface area contributed by atoms with Gasteiger partial charge in [0.2, 0.25) is 0 Å². The van der Waals surface area contributed by atoms with Gasteiger partial charge < -0.3 is 10.6 Å². The highest BCUT2D eigenvalue weighted by Gasteiger charge is 2.14. The van der Waals surface area contributed by atoms with Gasteiger partial charge in [-0.25, -0.2) is 8.42 Å². The molecule has 0 unspecified atom stereocenters. The fourth-order valence-electron chi connectivity index (χ4n) is 1.40. The lowest BCUT2D eigenvalue weighted by Crippen LogP contribution is -2.15. The first kappa shape index (κ1) is 13.5. The second-order valence-corrected chi connectivity index (χ2v) is 5.93. The maximum Gasteiger partial charge on any atom is 0.178 e. The van der Waals surface area contributed by atoms with Crippen LogP contribution >= 0.6 is 0 Å². The smallest absolute Gasteiger partial charge is 0.178 e. The van der Waals surface area contributed by atoms with Gasteiger partial charge in [0, 0.05) is 37.3 Å². The Kier molecular flexibility index (Phi) is 4.11. The minimum Gasteiger partial charge on any atom is -0.388 e. The summed E-state index contributed by atoms with van der Waals surface area (Å²) < 4.78 is 22.1. The van der Waals surface area contributed by atoms with E-state index >= 15 is 0 Å². The van der Waals surface area contributed by atoms with Crippen LogP contribution in [0, 0.1) is 0 Å². The van der Waals surface area contributed by atoms with Crippen LogP contribution in [0.15, 0.2) is 18.2 Å². The highest BCUT2D eigenvalue weighted by atomic mass is 32.2. The summed E-state index contributed by atoms with van der Waals surface area (Å²) in [5, 5.41) is 5.84. The number of ketones is 1. The van der Waals surface area contributed by atoms with Gasteiger partial charge in [-0.15, -0.1) is 0 Å². The van der Waals surface area contributed by atoms with E-state index in [1.165, 1.54) is 0 Å². The summed E-state index contributed by atoms with van der Waals surface area (Å²) in [5.41, 5.74) is 1.90. The third-order valence-electron chi connectivity index (χ3n) is 2.23. The molecule has 0 aliphatic rings. The molecule has 1 rings (SSSR count). The molecule has 2 N–H and O–H groups in total. The Morgan fingerprint density at radius 2 is 1.59 bits per heavy atom. The molecule has 0 spiro atoms. The zero-order valence-electron chi connectivity index (χ0n) is 10.1. The first-order valence-corrected chi connectivity index (χ1v) is 7.13. The summed E-state index contributed by atoms with van der Waals surface area (Å²) in [6.07, 6.45) is 1.05. The van der Waals surface area contributed by atoms with Crippen molar-refractivity contribution in [3.8, 4) is 0 Å². The maximum atomic E-state index is 11.8. The summed E-state index contributed by atoms with van der Waals surface area (Å²) in [6.45, 7) is 0. The van der Waals surface area contributed by atoms with Crippen LogP contribution in [-0.2, 0) is 9.84 Å². The highest BCUT2D eigenvalue weighted by Crippen LogP contribution is 2.19. The number of carbonyl (C=O) groups excluding carboxylic acids is 1. The topological polar surface area (TPSA) is 75.3 Å². The van der Waals surface area contributed by atoms with Crippen LogP contribution in [0.1, 0.15) is 10.4 Å². The molecule has 0 saturated heterocycles. The average Bonchev–Trinajstić information content (AvgIpc) is 2.26. The molecule has 94 valence electrons. The Morgan fingerprint density at radius 3 is 1.94 bits per heavy atom. The van der Waals surface area contributed by atoms with Gasteiger partial charge in [-0.1, -0.05) is 0 Å². The summed E-state index contributed by atoms with van der Waals surface area (Å²) >= 11 is 0. The van der Waals surface area contributed by atoms with E-state index in [0.29, 0.717) is 5.56 Å². The Hall–Kier alpha value is -1.56. The van der Waals surface area contributed by atoms with Gasteiger partial charge >= 0.3 is 0 Å². The van der Waals surface area contributed by atoms with Crippen molar-refractivity contribution in [1.82, 2.24) is 0 Å². The number of anilines is 2. The molecule has 0 aliphatic heterocycles. The van der Waals surface area contributed by atoms with E-state index in [0.717, 1.165) is 17.6 Å². The molecule has 0 saturated carbocycles. The fraction of sp³-hybridized carbons (Fsp3) is 0.364. The lowest BCUT2D eigenvalue weighted by atomic mass is 10.1. The second kappa shape index (κ2) is 5.18. The van der Waals surface area contributed by atoms with Gasteiger partial charge in [-0.2, -0.15) is 0 Å². The third-order valence-corrected chi connectivity index (χ3v) is 3.01. The zero-order chi connectivity index (χ0) is 13.1. The van der Waals surface area contributed by atoms with Gasteiger partial charge in [0.05, 0.1) is 0 Å². The molecule has 0 bridgehead atoms. The van der Waals surface area contributed by atoms with E-state index in [9.17, 15) is 13.2 Å². The molecule has 0 heterocycles. The van der Waals surface area contributed by atoms with Crippen molar-refractivity contribution in [2.75, 3.05) is 36.7 Å². The van der Waals surface area contributed by atoms with Crippen molar-refractivity contribution < 1.29 is 13.2 Å². The van der Waals surface area contributed by atoms with E-state index in [1.807, 2.05) is 6.07 Å². The molecule has 0 aromatic heterocycles. The summed E-state index contributed by atoms with van der Waals surface area (Å²) in [5.74, 6) is -0.871. The van der Waals surface area contributed by atoms with Crippen molar-refractivity contribution in [1.29, 1.82) is 0 Å². The zero-order valence-corrected chi connectivity index (χ0v) is 10.9. The number of hydrogen-bond acceptors (Lipinski definition) is 5. The Bertz CT molecular complexity index is 501. The third kappa shape index (κ3) is 4.07. The summed E-state index contributed by atoms with van der Waals surface area (Å²) in [4.78, 5) is 11.8. The lowest BCUT2D eigenvalue weighted by Gasteiger charge is -2.08. The Balaban J connectivity index is 3.08. The first-order chi connectivity index (χ1) is 7.85. The maximum absolute atomic E-state index is 11.8. The van der Waals surface area contributed by atoms with Crippen molar-refractivity contribution in [2.45, 2.75) is 0 Å². The average molecular weight is 256 g/mol. The van der Waals surface area contributed by atoms with Crippen LogP contribution in [0.25, 0.3) is 0 Å². The van der Waals surface area contributed by atoms with Crippen LogP contribution < -0.4 is 10.6 Å². The number of Topliss-reactive ketones (excluding diaryl/α,β-unsaturated/α-hetero) is 1. The molecule has 0 atom stereocenters. The predicted molar refractivity (Wildman–Crippen MR) is 69.6 cm³/mol. The van der Waals surface area contributed by atoms with Gasteiger partial charge in [0.1, 0.15) is 5.75 Å². The van der Waals surface area contributed by atoms with Crippen molar-refractivity contribution >= 4 is 27.0 Å². The molecule has 0 aliphatic carbocycles. The first-order valence-electron chi connectivity index (χ1n) is 5.07. The largest absolute Gasteiger partial charge is 0.388 e. The minimum atomic E-state index is -3.30. The number of nitrogens with one attached hydrogen (secondary N) is 2. The second-order valence-electron chi connectivity index (χ2n) is 3.79. The lowest BCUT2D eigenvalue weighted by molar-refractivity contribution is 0.102. The van der Waals surface area contributed by atoms with Crippen molar-refractivity contribution in [3.63, 3.8) is 0 Å². The SMILES string of the molecule is CNc1cc(NC)cc(C(=O)CS(C)(=O)=O)c1. The van der Waals surface area contributed by atoms with Crippen LogP contribution in [0.5, 0.6) is 0 Å². The van der Waals surface area contributed by atoms with Crippen molar-refractivity contribution in [3.05, 3.63) is 23.8 Å². The number of benzene rings is 1. The molecule has 1 aromatic carbocycles. The molecule has 0 radical (unpaired) electrons. The van der Waals surface area contributed by atoms with E-state index in [-0.39, 0.29) is 0 Å². The fourth-order valence-corrected chi connectivity index (χ4v) is 2.04. The summed E-state index contributed by atoms with van der Waals surface area (Å²) in [6, 6.07) is 5.10. The highest BCUT2D eigenvalue weighted by molar-refractivity contribution is 7.91. The standard InChI is InChI=1S/C11H16N2O3S/c1-12-9-4-8(5-10(6-9)13-2)11(14)7-17(3,15)16/h4-6,12-13H,7H2,1-3H3. The van der Waals surface area contributed by atoms with E-state index in [4.69, 9.17) is 0 Å². The van der Waals surface area contributed by atoms with Gasteiger partial charge in [-0.3, -0.25) is 4.79 Å². The molecule has 6 heteroatoms. The van der Waals surface area contributed by atoms with E-state index in [1.54, 1.807) is 26.2 Å². The van der Waals surface area contributed by atoms with Gasteiger partial charge in [-0.05, 0) is 18.2 Å². The molecule has 5 nitrogen and oxygen atoms in total. The minimum absolute atomic E-state index is 0.381. The number of rotatable bonds is 5. The Labute approximate surface area is 101 Å². The normalized spacial score (nSPS) is 11.0. The number of hydrogen-bond donors (Lipinski definition) is 2. The number of sulfone groups is 1. The van der Waals surface area contributed by atoms with E-state index in [2.05, 4.69) is 10.6 Å². The predicted octanol–water partition coefficient (Wildman–Crippen LogP) is 0.997.